The van der Waals surface area contributed by atoms with Crippen molar-refractivity contribution in [1.82, 2.24) is 60.2 Å². The number of nitrogens with zero attached hydrogens (tertiary/aromatic N) is 8. The number of H-pyrrole nitrogens is 1. The van der Waals surface area contributed by atoms with Crippen LogP contribution in [0, 0.1) is 59.2 Å². The Kier molecular flexibility index (Phi) is 36.5. The summed E-state index contributed by atoms with van der Waals surface area (Å²) in [6, 6.07) is -6.53. The molecule has 2 aromatic rings. The molecule has 596 valence electrons. The summed E-state index contributed by atoms with van der Waals surface area (Å²) in [5, 5.41) is 20.6. The van der Waals surface area contributed by atoms with Crippen LogP contribution in [0.5, 0.6) is 0 Å². The van der Waals surface area contributed by atoms with Crippen LogP contribution in [0.2, 0.25) is 0 Å². The van der Waals surface area contributed by atoms with Crippen molar-refractivity contribution < 1.29 is 72.2 Å². The molecule has 0 bridgehead atoms. The van der Waals surface area contributed by atoms with Gasteiger partial charge in [-0.2, -0.15) is 25.3 Å². The predicted molar refractivity (Wildman–Crippen MR) is 412 cm³/mol. The summed E-state index contributed by atoms with van der Waals surface area (Å²) in [5.41, 5.74) is 6.26. The van der Waals surface area contributed by atoms with Crippen molar-refractivity contribution in [1.29, 1.82) is 0 Å². The summed E-state index contributed by atoms with van der Waals surface area (Å²) in [5.74, 6) is -14.6. The van der Waals surface area contributed by atoms with E-state index in [9.17, 15) is 53.1 Å². The molecule has 0 spiro atoms. The fraction of sp³-hybridized carbons (Fsp3) is 0.724. The van der Waals surface area contributed by atoms with E-state index in [1.165, 1.54) is 99.8 Å². The Balaban J connectivity index is 2.32. The van der Waals surface area contributed by atoms with E-state index in [1.54, 1.807) is 47.6 Å². The highest BCUT2D eigenvalue weighted by Gasteiger charge is 2.46. The number of benzene rings is 1. The maximum Gasteiger partial charge on any atom is 0.252 e. The van der Waals surface area contributed by atoms with E-state index in [1.807, 2.05) is 55.4 Å². The number of amides is 11. The zero-order valence-electron chi connectivity index (χ0n) is 67.0. The number of aromatic amines is 1. The Morgan fingerprint density at radius 1 is 0.575 bits per heavy atom. The molecule has 1 aliphatic heterocycles. The van der Waals surface area contributed by atoms with Gasteiger partial charge in [0, 0.05) is 110 Å². The van der Waals surface area contributed by atoms with Crippen LogP contribution in [0.4, 0.5) is 0 Å². The third-order valence-electron chi connectivity index (χ3n) is 20.3. The molecule has 1 saturated heterocycles. The third kappa shape index (κ3) is 25.0. The molecule has 1 aliphatic rings. The predicted octanol–water partition coefficient (Wildman–Crippen LogP) is 4.62. The second-order valence-electron chi connectivity index (χ2n) is 31.7. The van der Waals surface area contributed by atoms with E-state index in [4.69, 9.17) is 10.7 Å². The maximum atomic E-state index is 15.6. The smallest absolute Gasteiger partial charge is 0.252 e. The molecular weight excluding hydrogens is 1400 g/mol. The fourth-order valence-electron chi connectivity index (χ4n) is 13.7. The molecule has 0 saturated carbocycles. The number of thiol groups is 2. The molecule has 2 heterocycles. The number of aliphatic hydroxyl groups is 1. The summed E-state index contributed by atoms with van der Waals surface area (Å²) >= 11 is 8.29. The molecule has 1 fully saturated rings. The molecule has 30 heteroatoms. The number of imidazole rings is 1. The second-order valence-corrected chi connectivity index (χ2v) is 32.4. The number of aromatic nitrogens is 2. The maximum absolute atomic E-state index is 15.6. The van der Waals surface area contributed by atoms with Crippen molar-refractivity contribution in [2.75, 3.05) is 67.4 Å². The molecule has 11 amide bonds. The number of Topliss-reactive ketones (excluding diaryl/α,β-unsaturated/α-hetero) is 3. The molecule has 1 aromatic heterocycles. The van der Waals surface area contributed by atoms with Crippen LogP contribution in [-0.4, -0.2) is 260 Å². The van der Waals surface area contributed by atoms with Crippen molar-refractivity contribution in [3.8, 4) is 0 Å². The summed E-state index contributed by atoms with van der Waals surface area (Å²) in [7, 11) is 9.96. The highest BCUT2D eigenvalue weighted by Crippen LogP contribution is 2.30. The Morgan fingerprint density at radius 2 is 1.06 bits per heavy atom. The molecule has 3 rings (SSSR count). The number of likely N-dealkylation sites (N-methyl/N-ethyl adjacent to an activating group) is 7. The van der Waals surface area contributed by atoms with Gasteiger partial charge in [0.05, 0.1) is 35.8 Å². The zero-order valence-corrected chi connectivity index (χ0v) is 68.8. The number of hydrogen-bond acceptors (Lipinski definition) is 18. The van der Waals surface area contributed by atoms with Crippen molar-refractivity contribution >= 4 is 119 Å². The topological polar surface area (TPSA) is 373 Å². The van der Waals surface area contributed by atoms with Crippen molar-refractivity contribution in [3.05, 3.63) is 29.6 Å². The minimum Gasteiger partial charge on any atom is -0.390 e. The molecule has 28 nitrogen and oxygen atoms in total. The molecule has 1 aromatic carbocycles. The van der Waals surface area contributed by atoms with E-state index in [0.29, 0.717) is 11.0 Å². The molecule has 14 atom stereocenters. The number of ketones is 3. The van der Waals surface area contributed by atoms with Gasteiger partial charge in [0.2, 0.25) is 59.1 Å². The normalized spacial score (nSPS) is 24.6. The molecule has 106 heavy (non-hydrogen) atoms. The van der Waals surface area contributed by atoms with Gasteiger partial charge in [-0.1, -0.05) is 104 Å². The molecule has 0 unspecified atom stereocenters. The standard InChI is InChI=1S/C76H125N13O15S2/c1-24-48-34-61(92)65(66(94)45(14)32-62-79-51-26-25-49(33-52(51)80-62)69(97)82-54(38-106)70(98)81-53(37-105)67(77)95)89(23)76(104)64(44(12)13)88(22)75(103)58(30-42(8)9)87(21)74(102)57(29-41(6)7)86(20)71(99)47(16)78-68(96)46(15)31-59(90)56(28-40(4)5)85(19)73(101)50(43(10)11)35-60(91)55(27-39(2)3)84(18)63(93)36-83(17)72(48)100/h25-26,33,39-48,50,53-58,64-66,94,105-106H,24,27-32,34-38H2,1-23H3,(H2,77,95)(H,78,96)(H,79,80)(H,81,98)(H,82,97)/t45-,46-,47-,48-,50+,53+,54+,55+,56+,57+,58+,64+,65-,66-/m1/s1. The fourth-order valence-corrected chi connectivity index (χ4v) is 14.2. The van der Waals surface area contributed by atoms with Crippen molar-refractivity contribution in [3.63, 3.8) is 0 Å². The van der Waals surface area contributed by atoms with Gasteiger partial charge in [-0.25, -0.2) is 4.98 Å². The first-order valence-electron chi connectivity index (χ1n) is 37.2. The van der Waals surface area contributed by atoms with Gasteiger partial charge in [-0.15, -0.1) is 0 Å². The average Bonchev–Trinajstić information content (AvgIpc) is 1.06. The van der Waals surface area contributed by atoms with Crippen LogP contribution in [0.15, 0.2) is 18.2 Å². The number of nitrogens with one attached hydrogen (secondary N) is 4. The molecule has 0 aliphatic carbocycles. The second kappa shape index (κ2) is 41.8. The number of aliphatic hydroxyl groups excluding tert-OH is 1. The molecule has 7 N–H and O–H groups in total. The monoisotopic (exact) mass is 1520 g/mol. The van der Waals surface area contributed by atoms with Crippen LogP contribution < -0.4 is 21.7 Å². The Labute approximate surface area is 638 Å². The van der Waals surface area contributed by atoms with Crippen LogP contribution in [0.1, 0.15) is 178 Å². The first-order chi connectivity index (χ1) is 49.2. The number of rotatable bonds is 22. The van der Waals surface area contributed by atoms with E-state index in [2.05, 4.69) is 46.2 Å². The first kappa shape index (κ1) is 92.7. The number of nitrogens with two attached hydrogens (primary N) is 1. The Morgan fingerprint density at radius 3 is 1.55 bits per heavy atom. The average molecular weight is 1530 g/mol. The number of carbonyl (C=O) groups excluding carboxylic acids is 14. The quantitative estimate of drug-likeness (QED) is 0.0746. The lowest BCUT2D eigenvalue weighted by atomic mass is 9.84. The van der Waals surface area contributed by atoms with Gasteiger partial charge in [0.1, 0.15) is 48.1 Å². The number of carbonyl (C=O) groups is 14. The Hall–Kier alpha value is -7.47. The lowest BCUT2D eigenvalue weighted by molar-refractivity contribution is -0.157. The lowest BCUT2D eigenvalue weighted by Crippen LogP contribution is -2.62. The number of fused-ring (bicyclic) bond motifs is 1. The zero-order chi connectivity index (χ0) is 81.1. The van der Waals surface area contributed by atoms with Gasteiger partial charge < -0.3 is 66.1 Å². The Bertz CT molecular complexity index is 3430. The minimum atomic E-state index is -1.71. The third-order valence-corrected chi connectivity index (χ3v) is 21.0. The van der Waals surface area contributed by atoms with Crippen molar-refractivity contribution in [2.24, 2.45) is 64.9 Å². The lowest BCUT2D eigenvalue weighted by Gasteiger charge is -2.41. The van der Waals surface area contributed by atoms with Crippen molar-refractivity contribution in [2.45, 2.75) is 229 Å². The highest BCUT2D eigenvalue weighted by atomic mass is 32.1. The number of hydrogen-bond donors (Lipinski definition) is 8. The number of primary amides is 1. The minimum absolute atomic E-state index is 0.0454. The van der Waals surface area contributed by atoms with E-state index >= 15 is 19.2 Å². The van der Waals surface area contributed by atoms with Crippen LogP contribution in [0.25, 0.3) is 11.0 Å². The summed E-state index contributed by atoms with van der Waals surface area (Å²) in [4.78, 5) is 219. The van der Waals surface area contributed by atoms with Gasteiger partial charge >= 0.3 is 0 Å². The van der Waals surface area contributed by atoms with Gasteiger partial charge in [-0.05, 0) is 98.7 Å². The first-order valence-corrected chi connectivity index (χ1v) is 38.5. The summed E-state index contributed by atoms with van der Waals surface area (Å²) in [6.07, 6.45) is -2.27. The summed E-state index contributed by atoms with van der Waals surface area (Å²) in [6.45, 7) is 27.7. The SMILES string of the molecule is CC[C@@H]1CC(=O)[C@H]([C@H](O)[C@H](C)Cc2nc3ccc(C(=O)N[C@@H](CS)C(=O)N[C@@H](CS)C(N)=O)cc3[nH]2)N(C)C(=O)[C@H](C(C)C)N(C)C(=O)[C@H](CC(C)C)N(C)C(=O)[C@H](CC(C)C)N(C)C(=O)[C@@H](C)NC(=O)[C@H](C)CC(=O)[C@H](CC(C)C)N(C)C(=O)[C@H](C(C)C)CC(=O)[C@H](CC(C)C)N(C)C(=O)CN(C)C1=O. The van der Waals surface area contributed by atoms with E-state index in [0.717, 1.165) is 9.80 Å². The van der Waals surface area contributed by atoms with Crippen LogP contribution in [-0.2, 0) is 68.7 Å². The largest absolute Gasteiger partial charge is 0.390 e. The van der Waals surface area contributed by atoms with Gasteiger partial charge in [-0.3, -0.25) is 67.1 Å². The molecule has 0 radical (unpaired) electrons. The molecular formula is C76H125N13O15S2. The van der Waals surface area contributed by atoms with Crippen LogP contribution in [0.3, 0.4) is 0 Å². The van der Waals surface area contributed by atoms with Gasteiger partial charge in [0.15, 0.2) is 17.3 Å². The highest BCUT2D eigenvalue weighted by molar-refractivity contribution is 7.80. The van der Waals surface area contributed by atoms with E-state index < -0.39 is 191 Å². The van der Waals surface area contributed by atoms with Crippen LogP contribution >= 0.6 is 25.3 Å². The summed E-state index contributed by atoms with van der Waals surface area (Å²) < 4.78 is 0. The van der Waals surface area contributed by atoms with E-state index in [-0.39, 0.29) is 97.9 Å². The van der Waals surface area contributed by atoms with Gasteiger partial charge in [0.25, 0.3) is 5.91 Å².